The highest BCUT2D eigenvalue weighted by molar-refractivity contribution is 6.04. The van der Waals surface area contributed by atoms with Gasteiger partial charge in [-0.25, -0.2) is 0 Å². The van der Waals surface area contributed by atoms with Gasteiger partial charge in [-0.1, -0.05) is 12.1 Å². The SMILES string of the molecule is O=C(Nc1cc(C(F)(F)F)ccc1N1CCCC1)c1ccc(-c2cccc([N+](=O)[O-])c2)o1. The number of rotatable bonds is 5. The van der Waals surface area contributed by atoms with Crippen molar-refractivity contribution in [2.45, 2.75) is 19.0 Å². The van der Waals surface area contributed by atoms with Gasteiger partial charge in [-0.15, -0.1) is 0 Å². The van der Waals surface area contributed by atoms with Crippen LogP contribution in [0.2, 0.25) is 0 Å². The molecule has 2 aromatic carbocycles. The molecular formula is C22H18F3N3O4. The van der Waals surface area contributed by atoms with E-state index in [4.69, 9.17) is 4.42 Å². The highest BCUT2D eigenvalue weighted by Gasteiger charge is 2.32. The summed E-state index contributed by atoms with van der Waals surface area (Å²) >= 11 is 0. The van der Waals surface area contributed by atoms with E-state index in [1.54, 1.807) is 6.07 Å². The smallest absolute Gasteiger partial charge is 0.416 e. The van der Waals surface area contributed by atoms with Gasteiger partial charge in [0.15, 0.2) is 5.76 Å². The lowest BCUT2D eigenvalue weighted by Crippen LogP contribution is -2.21. The summed E-state index contributed by atoms with van der Waals surface area (Å²) in [5.74, 6) is -0.625. The summed E-state index contributed by atoms with van der Waals surface area (Å²) < 4.78 is 45.2. The summed E-state index contributed by atoms with van der Waals surface area (Å²) in [5, 5.41) is 13.5. The predicted molar refractivity (Wildman–Crippen MR) is 112 cm³/mol. The fourth-order valence-corrected chi connectivity index (χ4v) is 3.62. The number of hydrogen-bond acceptors (Lipinski definition) is 5. The minimum atomic E-state index is -4.55. The van der Waals surface area contributed by atoms with Crippen molar-refractivity contribution in [3.63, 3.8) is 0 Å². The molecule has 2 heterocycles. The third-order valence-corrected chi connectivity index (χ3v) is 5.19. The molecule has 0 radical (unpaired) electrons. The molecule has 1 amide bonds. The minimum absolute atomic E-state index is 0.0417. The van der Waals surface area contributed by atoms with Crippen LogP contribution < -0.4 is 10.2 Å². The van der Waals surface area contributed by atoms with E-state index in [-0.39, 0.29) is 22.9 Å². The molecular weight excluding hydrogens is 427 g/mol. The van der Waals surface area contributed by atoms with Crippen molar-refractivity contribution in [1.29, 1.82) is 0 Å². The van der Waals surface area contributed by atoms with Gasteiger partial charge < -0.3 is 14.6 Å². The molecule has 7 nitrogen and oxygen atoms in total. The largest absolute Gasteiger partial charge is 0.451 e. The average Bonchev–Trinajstić information content (AvgIpc) is 3.45. The lowest BCUT2D eigenvalue weighted by molar-refractivity contribution is -0.384. The highest BCUT2D eigenvalue weighted by atomic mass is 19.4. The molecule has 0 aliphatic carbocycles. The summed E-state index contributed by atoms with van der Waals surface area (Å²) in [7, 11) is 0. The minimum Gasteiger partial charge on any atom is -0.451 e. The molecule has 1 N–H and O–H groups in total. The number of hydrogen-bond donors (Lipinski definition) is 1. The fraction of sp³-hybridized carbons (Fsp3) is 0.227. The van der Waals surface area contributed by atoms with Crippen LogP contribution in [0, 0.1) is 10.1 Å². The number of halogens is 3. The molecule has 4 rings (SSSR count). The van der Waals surface area contributed by atoms with Crippen molar-refractivity contribution in [3.05, 3.63) is 76.0 Å². The Morgan fingerprint density at radius 2 is 1.81 bits per heavy atom. The predicted octanol–water partition coefficient (Wildman–Crippen LogP) is 5.73. The number of non-ortho nitro benzene ring substituents is 1. The number of nitro groups is 1. The van der Waals surface area contributed by atoms with Crippen LogP contribution in [-0.4, -0.2) is 23.9 Å². The number of carbonyl (C=O) groups is 1. The van der Waals surface area contributed by atoms with E-state index < -0.39 is 22.6 Å². The Morgan fingerprint density at radius 3 is 2.50 bits per heavy atom. The molecule has 1 aromatic heterocycles. The molecule has 0 bridgehead atoms. The normalized spacial score (nSPS) is 13.9. The van der Waals surface area contributed by atoms with Crippen molar-refractivity contribution in [2.24, 2.45) is 0 Å². The van der Waals surface area contributed by atoms with Gasteiger partial charge in [0, 0.05) is 30.8 Å². The molecule has 3 aromatic rings. The van der Waals surface area contributed by atoms with Crippen LogP contribution >= 0.6 is 0 Å². The van der Waals surface area contributed by atoms with Crippen LogP contribution in [0.15, 0.2) is 59.0 Å². The van der Waals surface area contributed by atoms with Gasteiger partial charge >= 0.3 is 6.18 Å². The van der Waals surface area contributed by atoms with Crippen LogP contribution in [0.5, 0.6) is 0 Å². The molecule has 166 valence electrons. The van der Waals surface area contributed by atoms with Gasteiger partial charge in [-0.2, -0.15) is 13.2 Å². The number of carbonyl (C=O) groups excluding carboxylic acids is 1. The number of nitro benzene ring substituents is 1. The molecule has 1 saturated heterocycles. The maximum Gasteiger partial charge on any atom is 0.416 e. The number of alkyl halides is 3. The van der Waals surface area contributed by atoms with Crippen LogP contribution in [0.4, 0.5) is 30.2 Å². The zero-order chi connectivity index (χ0) is 22.9. The van der Waals surface area contributed by atoms with Gasteiger partial charge in [0.05, 0.1) is 21.9 Å². The molecule has 0 spiro atoms. The summed E-state index contributed by atoms with van der Waals surface area (Å²) in [5.41, 5.74) is -0.0546. The van der Waals surface area contributed by atoms with Gasteiger partial charge in [0.2, 0.25) is 0 Å². The number of nitrogens with one attached hydrogen (secondary N) is 1. The standard InChI is InChI=1S/C22H18F3N3O4/c23-22(24,25)15-6-7-18(27-10-1-2-11-27)17(13-15)26-21(29)20-9-8-19(32-20)14-4-3-5-16(12-14)28(30)31/h3-9,12-13H,1-2,10-11H2,(H,26,29). The van der Waals surface area contributed by atoms with E-state index in [2.05, 4.69) is 5.32 Å². The lowest BCUT2D eigenvalue weighted by Gasteiger charge is -2.22. The maximum atomic E-state index is 13.2. The van der Waals surface area contributed by atoms with E-state index in [0.29, 0.717) is 24.3 Å². The van der Waals surface area contributed by atoms with Crippen LogP contribution in [0.1, 0.15) is 29.0 Å². The zero-order valence-corrected chi connectivity index (χ0v) is 16.7. The molecule has 0 atom stereocenters. The number of furan rings is 1. The highest BCUT2D eigenvalue weighted by Crippen LogP contribution is 2.37. The second-order valence-corrected chi connectivity index (χ2v) is 7.35. The average molecular weight is 445 g/mol. The van der Waals surface area contributed by atoms with Gasteiger partial charge in [0.25, 0.3) is 11.6 Å². The van der Waals surface area contributed by atoms with Crippen LogP contribution in [0.3, 0.4) is 0 Å². The van der Waals surface area contributed by atoms with E-state index in [0.717, 1.165) is 25.0 Å². The van der Waals surface area contributed by atoms with E-state index in [1.807, 2.05) is 4.90 Å². The van der Waals surface area contributed by atoms with E-state index in [1.165, 1.54) is 36.4 Å². The second-order valence-electron chi connectivity index (χ2n) is 7.35. The first-order valence-corrected chi connectivity index (χ1v) is 9.84. The van der Waals surface area contributed by atoms with Crippen molar-refractivity contribution < 1.29 is 27.3 Å². The van der Waals surface area contributed by atoms with Gasteiger partial charge in [-0.05, 0) is 43.2 Å². The van der Waals surface area contributed by atoms with Crippen LogP contribution in [0.25, 0.3) is 11.3 Å². The molecule has 1 aliphatic rings. The zero-order valence-electron chi connectivity index (χ0n) is 16.7. The van der Waals surface area contributed by atoms with Crippen molar-refractivity contribution in [3.8, 4) is 11.3 Å². The monoisotopic (exact) mass is 445 g/mol. The van der Waals surface area contributed by atoms with Gasteiger partial charge in [0.1, 0.15) is 5.76 Å². The van der Waals surface area contributed by atoms with Gasteiger partial charge in [-0.3, -0.25) is 14.9 Å². The maximum absolute atomic E-state index is 13.2. The summed E-state index contributed by atoms with van der Waals surface area (Å²) in [6.45, 7) is 1.37. The number of anilines is 2. The Bertz CT molecular complexity index is 1170. The molecule has 10 heteroatoms. The number of amides is 1. The van der Waals surface area contributed by atoms with Crippen molar-refractivity contribution in [1.82, 2.24) is 0 Å². The summed E-state index contributed by atoms with van der Waals surface area (Å²) in [4.78, 5) is 25.1. The Morgan fingerprint density at radius 1 is 1.06 bits per heavy atom. The molecule has 0 unspecified atom stereocenters. The molecule has 0 saturated carbocycles. The Kier molecular flexibility index (Phi) is 5.60. The first kappa shape index (κ1) is 21.4. The summed E-state index contributed by atoms with van der Waals surface area (Å²) in [6.07, 6.45) is -2.72. The first-order chi connectivity index (χ1) is 15.2. The molecule has 32 heavy (non-hydrogen) atoms. The van der Waals surface area contributed by atoms with Crippen molar-refractivity contribution in [2.75, 3.05) is 23.3 Å². The Hall–Kier alpha value is -3.82. The topological polar surface area (TPSA) is 88.6 Å². The third kappa shape index (κ3) is 4.43. The lowest BCUT2D eigenvalue weighted by atomic mass is 10.1. The van der Waals surface area contributed by atoms with E-state index >= 15 is 0 Å². The number of benzene rings is 2. The molecule has 1 aliphatic heterocycles. The number of nitrogens with zero attached hydrogens (tertiary/aromatic N) is 2. The quantitative estimate of drug-likeness (QED) is 0.400. The fourth-order valence-electron chi connectivity index (χ4n) is 3.62. The van der Waals surface area contributed by atoms with Crippen molar-refractivity contribution >= 4 is 23.0 Å². The first-order valence-electron chi connectivity index (χ1n) is 9.84. The van der Waals surface area contributed by atoms with E-state index in [9.17, 15) is 28.1 Å². The summed E-state index contributed by atoms with van der Waals surface area (Å²) in [6, 6.07) is 11.8. The molecule has 1 fully saturated rings. The Labute approximate surface area is 180 Å². The second kappa shape index (κ2) is 8.37. The van der Waals surface area contributed by atoms with Crippen LogP contribution in [-0.2, 0) is 6.18 Å². The Balaban J connectivity index is 1.61. The third-order valence-electron chi connectivity index (χ3n) is 5.19.